The highest BCUT2D eigenvalue weighted by Crippen LogP contribution is 2.35. The van der Waals surface area contributed by atoms with Crippen LogP contribution in [0.5, 0.6) is 11.5 Å². The normalized spacial score (nSPS) is 16.8. The predicted octanol–water partition coefficient (Wildman–Crippen LogP) is 3.40. The lowest BCUT2D eigenvalue weighted by Crippen LogP contribution is -2.34. The highest BCUT2D eigenvalue weighted by Gasteiger charge is 2.25. The predicted molar refractivity (Wildman–Crippen MR) is 125 cm³/mol. The summed E-state index contributed by atoms with van der Waals surface area (Å²) < 4.78 is 6.71. The van der Waals surface area contributed by atoms with E-state index in [1.54, 1.807) is 30.4 Å². The maximum absolute atomic E-state index is 13.2. The van der Waals surface area contributed by atoms with E-state index in [-0.39, 0.29) is 11.3 Å². The second kappa shape index (κ2) is 9.12. The van der Waals surface area contributed by atoms with Crippen LogP contribution in [-0.4, -0.2) is 33.4 Å². The number of hydrazone groups is 1. The Hall–Kier alpha value is -3.20. The first-order valence-electron chi connectivity index (χ1n) is 10.7. The van der Waals surface area contributed by atoms with Gasteiger partial charge in [0.05, 0.1) is 24.5 Å². The van der Waals surface area contributed by atoms with Gasteiger partial charge in [0.2, 0.25) is 0 Å². The Kier molecular flexibility index (Phi) is 6.27. The Morgan fingerprint density at radius 3 is 3.09 bits per heavy atom. The molecule has 2 heterocycles. The number of nitrogens with one attached hydrogen (secondary N) is 1. The molecule has 4 rings (SSSR count). The number of fused-ring (bicyclic) bond motifs is 3. The number of aryl methyl sites for hydroxylation is 1. The molecule has 1 aliphatic carbocycles. The van der Waals surface area contributed by atoms with Crippen LogP contribution in [0.3, 0.4) is 0 Å². The number of ether oxygens (including phenoxy) is 1. The fraction of sp³-hybridized carbons (Fsp3) is 0.391. The van der Waals surface area contributed by atoms with Gasteiger partial charge in [0.25, 0.3) is 11.5 Å². The molecule has 0 fully saturated rings. The molecule has 9 heteroatoms. The van der Waals surface area contributed by atoms with E-state index in [0.29, 0.717) is 29.2 Å². The number of hydrogen-bond acceptors (Lipinski definition) is 7. The number of amides is 1. The molecule has 2 aromatic heterocycles. The molecule has 8 nitrogen and oxygen atoms in total. The Labute approximate surface area is 189 Å². The maximum Gasteiger partial charge on any atom is 0.263 e. The Morgan fingerprint density at radius 1 is 1.50 bits per heavy atom. The van der Waals surface area contributed by atoms with E-state index in [9.17, 15) is 14.7 Å². The van der Waals surface area contributed by atoms with E-state index in [4.69, 9.17) is 4.74 Å². The first-order valence-corrected chi connectivity index (χ1v) is 11.5. The van der Waals surface area contributed by atoms with E-state index in [1.165, 1.54) is 28.1 Å². The van der Waals surface area contributed by atoms with Crippen LogP contribution < -0.4 is 15.7 Å². The third-order valence-corrected chi connectivity index (χ3v) is 6.87. The van der Waals surface area contributed by atoms with Crippen LogP contribution >= 0.6 is 11.3 Å². The minimum absolute atomic E-state index is 0.0361. The largest absolute Gasteiger partial charge is 0.504 e. The molecule has 1 aliphatic rings. The zero-order chi connectivity index (χ0) is 22.8. The summed E-state index contributed by atoms with van der Waals surface area (Å²) >= 11 is 1.59. The highest BCUT2D eigenvalue weighted by atomic mass is 32.1. The van der Waals surface area contributed by atoms with Gasteiger partial charge in [-0.25, -0.2) is 10.4 Å². The molecular formula is C23H26N4O4S. The van der Waals surface area contributed by atoms with E-state index in [1.807, 2.05) is 6.92 Å². The van der Waals surface area contributed by atoms with E-state index in [0.717, 1.165) is 29.7 Å². The van der Waals surface area contributed by atoms with E-state index < -0.39 is 11.9 Å². The summed E-state index contributed by atoms with van der Waals surface area (Å²) in [6, 6.07) is 4.01. The van der Waals surface area contributed by atoms with Gasteiger partial charge in [-0.3, -0.25) is 14.2 Å². The topological polar surface area (TPSA) is 106 Å². The van der Waals surface area contributed by atoms with Crippen LogP contribution in [0.4, 0.5) is 0 Å². The number of nitrogens with zero attached hydrogens (tertiary/aromatic N) is 3. The molecule has 2 N–H and O–H groups in total. The van der Waals surface area contributed by atoms with Crippen molar-refractivity contribution in [1.29, 1.82) is 0 Å². The van der Waals surface area contributed by atoms with Crippen LogP contribution in [0.15, 0.2) is 34.4 Å². The van der Waals surface area contributed by atoms with Gasteiger partial charge in [0.1, 0.15) is 10.9 Å². The fourth-order valence-corrected chi connectivity index (χ4v) is 5.23. The van der Waals surface area contributed by atoms with Crippen LogP contribution in [0, 0.1) is 5.92 Å². The summed E-state index contributed by atoms with van der Waals surface area (Å²) in [5.74, 6) is 0.564. The average Bonchev–Trinajstić information content (AvgIpc) is 3.14. The minimum Gasteiger partial charge on any atom is -0.504 e. The fourth-order valence-electron chi connectivity index (χ4n) is 3.89. The number of aromatic hydroxyl groups is 1. The van der Waals surface area contributed by atoms with Crippen LogP contribution in [-0.2, 0) is 17.6 Å². The molecule has 1 aromatic carbocycles. The average molecular weight is 455 g/mol. The number of aromatic nitrogens is 2. The summed E-state index contributed by atoms with van der Waals surface area (Å²) in [6.07, 6.45) is 5.80. The molecule has 0 bridgehead atoms. The summed E-state index contributed by atoms with van der Waals surface area (Å²) in [6.45, 7) is 6.11. The number of carbonyl (C=O) groups excluding carboxylic acids is 1. The lowest BCUT2D eigenvalue weighted by atomic mass is 9.89. The lowest BCUT2D eigenvalue weighted by molar-refractivity contribution is -0.123. The third-order valence-electron chi connectivity index (χ3n) is 5.71. The smallest absolute Gasteiger partial charge is 0.263 e. The van der Waals surface area contributed by atoms with Crippen molar-refractivity contribution in [2.24, 2.45) is 11.0 Å². The number of phenols is 1. The number of rotatable bonds is 6. The van der Waals surface area contributed by atoms with Crippen molar-refractivity contribution in [2.45, 2.75) is 46.1 Å². The summed E-state index contributed by atoms with van der Waals surface area (Å²) in [5.41, 5.74) is 4.04. The highest BCUT2D eigenvalue weighted by molar-refractivity contribution is 7.18. The summed E-state index contributed by atoms with van der Waals surface area (Å²) in [7, 11) is 0. The van der Waals surface area contributed by atoms with Crippen molar-refractivity contribution in [1.82, 2.24) is 15.0 Å². The van der Waals surface area contributed by atoms with Gasteiger partial charge in [-0.15, -0.1) is 11.3 Å². The van der Waals surface area contributed by atoms with Crippen molar-refractivity contribution in [3.63, 3.8) is 0 Å². The Morgan fingerprint density at radius 2 is 2.31 bits per heavy atom. The molecule has 0 aliphatic heterocycles. The van der Waals surface area contributed by atoms with Crippen molar-refractivity contribution in [3.8, 4) is 11.5 Å². The van der Waals surface area contributed by atoms with E-state index >= 15 is 0 Å². The molecule has 0 saturated heterocycles. The monoisotopic (exact) mass is 454 g/mol. The van der Waals surface area contributed by atoms with Crippen molar-refractivity contribution < 1.29 is 14.6 Å². The van der Waals surface area contributed by atoms with Gasteiger partial charge in [0.15, 0.2) is 11.5 Å². The van der Waals surface area contributed by atoms with Gasteiger partial charge in [-0.2, -0.15) is 5.10 Å². The Bertz CT molecular complexity index is 1250. The molecule has 0 saturated carbocycles. The second-order valence-corrected chi connectivity index (χ2v) is 9.14. The first kappa shape index (κ1) is 22.0. The van der Waals surface area contributed by atoms with Crippen LogP contribution in [0.1, 0.15) is 49.2 Å². The number of benzene rings is 1. The van der Waals surface area contributed by atoms with Crippen LogP contribution in [0.25, 0.3) is 10.2 Å². The van der Waals surface area contributed by atoms with Crippen molar-refractivity contribution >= 4 is 33.7 Å². The maximum atomic E-state index is 13.2. The number of carbonyl (C=O) groups is 1. The van der Waals surface area contributed by atoms with Crippen LogP contribution in [0.2, 0.25) is 0 Å². The third kappa shape index (κ3) is 4.25. The zero-order valence-corrected chi connectivity index (χ0v) is 19.1. The zero-order valence-electron chi connectivity index (χ0n) is 18.3. The summed E-state index contributed by atoms with van der Waals surface area (Å²) in [5, 5.41) is 14.4. The molecule has 2 atom stereocenters. The second-order valence-electron chi connectivity index (χ2n) is 8.06. The molecule has 1 amide bonds. The molecule has 3 aromatic rings. The molecule has 168 valence electrons. The molecule has 0 unspecified atom stereocenters. The molecule has 0 radical (unpaired) electrons. The van der Waals surface area contributed by atoms with Crippen molar-refractivity contribution in [3.05, 3.63) is 50.9 Å². The summed E-state index contributed by atoms with van der Waals surface area (Å²) in [4.78, 5) is 32.3. The molecule has 0 spiro atoms. The quantitative estimate of drug-likeness (QED) is 0.439. The van der Waals surface area contributed by atoms with Gasteiger partial charge in [-0.05, 0) is 68.4 Å². The van der Waals surface area contributed by atoms with Gasteiger partial charge < -0.3 is 9.84 Å². The van der Waals surface area contributed by atoms with Gasteiger partial charge >= 0.3 is 0 Å². The van der Waals surface area contributed by atoms with Gasteiger partial charge in [-0.1, -0.05) is 6.92 Å². The van der Waals surface area contributed by atoms with Crippen molar-refractivity contribution in [2.75, 3.05) is 6.61 Å². The molecule has 32 heavy (non-hydrogen) atoms. The first-order chi connectivity index (χ1) is 15.4. The number of hydrogen-bond donors (Lipinski definition) is 2. The molecular weight excluding hydrogens is 428 g/mol. The SMILES string of the molecule is CCOc1cc(/C=N\NC(=O)[C@@H](C)n2cnc3sc4c(c3c2=O)CC[C@@H](C)C4)ccc1O. The Balaban J connectivity index is 1.52. The number of thiophene rings is 1. The van der Waals surface area contributed by atoms with Gasteiger partial charge in [0, 0.05) is 4.88 Å². The lowest BCUT2D eigenvalue weighted by Gasteiger charge is -2.18. The van der Waals surface area contributed by atoms with E-state index in [2.05, 4.69) is 22.4 Å². The standard InChI is InChI=1S/C23H26N4O4S/c1-4-31-18-10-15(6-8-17(18)28)11-25-26-21(29)14(3)27-12-24-22-20(23(27)30)16-7-5-13(2)9-19(16)32-22/h6,8,10-14,28H,4-5,7,9H2,1-3H3,(H,26,29)/b25-11-/t13-,14-/m1/s1. The number of phenolic OH excluding ortho intramolecular Hbond substituents is 1. The minimum atomic E-state index is -0.770.